The van der Waals surface area contributed by atoms with E-state index in [0.717, 1.165) is 55.8 Å². The smallest absolute Gasteiger partial charge is 0.245 e. The maximum Gasteiger partial charge on any atom is 0.245 e. The first kappa shape index (κ1) is 14.1. The Morgan fingerprint density at radius 2 is 2.24 bits per heavy atom. The van der Waals surface area contributed by atoms with Crippen molar-refractivity contribution in [2.24, 2.45) is 0 Å². The molecule has 0 spiro atoms. The van der Waals surface area contributed by atoms with Crippen LogP contribution < -0.4 is 10.2 Å². The third-order valence-electron chi connectivity index (χ3n) is 3.86. The lowest BCUT2D eigenvalue weighted by Gasteiger charge is -2.30. The SMILES string of the molecule is CCc1cc(-c2nc(N3CCNC(C)C3)n[nH]2)n(CC)n1. The monoisotopic (exact) mass is 289 g/mol. The summed E-state index contributed by atoms with van der Waals surface area (Å²) in [6.45, 7) is 10.1. The van der Waals surface area contributed by atoms with Crippen molar-refractivity contribution < 1.29 is 0 Å². The summed E-state index contributed by atoms with van der Waals surface area (Å²) < 4.78 is 1.98. The highest BCUT2D eigenvalue weighted by Crippen LogP contribution is 2.20. The summed E-state index contributed by atoms with van der Waals surface area (Å²) in [6.07, 6.45) is 0.927. The lowest BCUT2D eigenvalue weighted by molar-refractivity contribution is 0.480. The molecule has 7 heteroatoms. The molecule has 0 radical (unpaired) electrons. The van der Waals surface area contributed by atoms with Crippen molar-refractivity contribution in [3.05, 3.63) is 11.8 Å². The summed E-state index contributed by atoms with van der Waals surface area (Å²) >= 11 is 0. The molecule has 1 atom stereocenters. The molecule has 114 valence electrons. The molecule has 0 bridgehead atoms. The number of aromatic nitrogens is 5. The number of nitrogens with zero attached hydrogens (tertiary/aromatic N) is 5. The standard InChI is InChI=1S/C14H23N7/c1-4-11-8-12(21(5-2)19-11)13-16-14(18-17-13)20-7-6-15-10(3)9-20/h8,10,15H,4-7,9H2,1-3H3,(H,16,17,18). The quantitative estimate of drug-likeness (QED) is 0.880. The second-order valence-corrected chi connectivity index (χ2v) is 5.48. The Morgan fingerprint density at radius 3 is 2.95 bits per heavy atom. The van der Waals surface area contributed by atoms with Crippen molar-refractivity contribution in [2.75, 3.05) is 24.5 Å². The predicted octanol–water partition coefficient (Wildman–Crippen LogP) is 1.05. The Morgan fingerprint density at radius 1 is 1.38 bits per heavy atom. The molecule has 2 aromatic heterocycles. The molecule has 0 aliphatic carbocycles. The number of aromatic amines is 1. The Kier molecular flexibility index (Phi) is 3.92. The van der Waals surface area contributed by atoms with E-state index in [0.29, 0.717) is 6.04 Å². The van der Waals surface area contributed by atoms with Crippen molar-refractivity contribution in [1.29, 1.82) is 0 Å². The number of hydrogen-bond acceptors (Lipinski definition) is 5. The van der Waals surface area contributed by atoms with Crippen molar-refractivity contribution in [1.82, 2.24) is 30.3 Å². The third-order valence-corrected chi connectivity index (χ3v) is 3.86. The lowest BCUT2D eigenvalue weighted by atomic mass is 10.2. The van der Waals surface area contributed by atoms with E-state index in [9.17, 15) is 0 Å². The van der Waals surface area contributed by atoms with Crippen molar-refractivity contribution in [2.45, 2.75) is 39.8 Å². The molecule has 2 N–H and O–H groups in total. The van der Waals surface area contributed by atoms with Crippen LogP contribution in [0.3, 0.4) is 0 Å². The van der Waals surface area contributed by atoms with E-state index in [-0.39, 0.29) is 0 Å². The Labute approximate surface area is 124 Å². The zero-order valence-corrected chi connectivity index (χ0v) is 12.9. The van der Waals surface area contributed by atoms with Gasteiger partial charge in [-0.05, 0) is 26.3 Å². The van der Waals surface area contributed by atoms with E-state index >= 15 is 0 Å². The van der Waals surface area contributed by atoms with Gasteiger partial charge in [-0.3, -0.25) is 9.78 Å². The predicted molar refractivity (Wildman–Crippen MR) is 82.3 cm³/mol. The van der Waals surface area contributed by atoms with Crippen LogP contribution in [0, 0.1) is 0 Å². The molecule has 1 unspecified atom stereocenters. The summed E-state index contributed by atoms with van der Waals surface area (Å²) in [6, 6.07) is 2.56. The first-order chi connectivity index (χ1) is 10.2. The molecule has 2 aromatic rings. The highest BCUT2D eigenvalue weighted by atomic mass is 15.4. The molecule has 1 aliphatic heterocycles. The molecule has 1 fully saturated rings. The van der Waals surface area contributed by atoms with Gasteiger partial charge in [-0.25, -0.2) is 0 Å². The minimum Gasteiger partial charge on any atom is -0.337 e. The zero-order valence-electron chi connectivity index (χ0n) is 12.9. The van der Waals surface area contributed by atoms with Gasteiger partial charge in [0.2, 0.25) is 5.95 Å². The van der Waals surface area contributed by atoms with Crippen LogP contribution in [0.15, 0.2) is 6.07 Å². The van der Waals surface area contributed by atoms with Gasteiger partial charge in [-0.15, -0.1) is 5.10 Å². The second-order valence-electron chi connectivity index (χ2n) is 5.48. The van der Waals surface area contributed by atoms with Gasteiger partial charge < -0.3 is 10.2 Å². The van der Waals surface area contributed by atoms with E-state index in [1.807, 2.05) is 4.68 Å². The van der Waals surface area contributed by atoms with Crippen LogP contribution in [0.25, 0.3) is 11.5 Å². The second kappa shape index (κ2) is 5.85. The molecule has 21 heavy (non-hydrogen) atoms. The molecular weight excluding hydrogens is 266 g/mol. The van der Waals surface area contributed by atoms with Gasteiger partial charge in [0.25, 0.3) is 0 Å². The summed E-state index contributed by atoms with van der Waals surface area (Å²) in [5, 5.41) is 15.4. The highest BCUT2D eigenvalue weighted by molar-refractivity contribution is 5.52. The number of piperazine rings is 1. The maximum absolute atomic E-state index is 4.67. The first-order valence-electron chi connectivity index (χ1n) is 7.69. The van der Waals surface area contributed by atoms with Gasteiger partial charge >= 0.3 is 0 Å². The van der Waals surface area contributed by atoms with Crippen LogP contribution >= 0.6 is 0 Å². The van der Waals surface area contributed by atoms with Crippen LogP contribution in [0.2, 0.25) is 0 Å². The van der Waals surface area contributed by atoms with Gasteiger partial charge in [-0.2, -0.15) is 10.1 Å². The van der Waals surface area contributed by atoms with E-state index < -0.39 is 0 Å². The number of H-pyrrole nitrogens is 1. The molecule has 0 aromatic carbocycles. The molecule has 3 rings (SSSR count). The van der Waals surface area contributed by atoms with Crippen LogP contribution in [-0.4, -0.2) is 50.6 Å². The van der Waals surface area contributed by atoms with E-state index in [1.165, 1.54) is 0 Å². The summed E-state index contributed by atoms with van der Waals surface area (Å²) in [5.74, 6) is 1.57. The van der Waals surface area contributed by atoms with Gasteiger partial charge in [0.05, 0.1) is 5.69 Å². The van der Waals surface area contributed by atoms with E-state index in [1.54, 1.807) is 0 Å². The fourth-order valence-electron chi connectivity index (χ4n) is 2.70. The number of hydrogen-bond donors (Lipinski definition) is 2. The van der Waals surface area contributed by atoms with E-state index in [2.05, 4.69) is 57.3 Å². The summed E-state index contributed by atoms with van der Waals surface area (Å²) in [4.78, 5) is 6.88. The average Bonchev–Trinajstić information content (AvgIpc) is 3.13. The van der Waals surface area contributed by atoms with Crippen LogP contribution in [0.5, 0.6) is 0 Å². The van der Waals surface area contributed by atoms with Crippen molar-refractivity contribution in [3.63, 3.8) is 0 Å². The zero-order chi connectivity index (χ0) is 14.8. The number of rotatable bonds is 4. The van der Waals surface area contributed by atoms with E-state index in [4.69, 9.17) is 0 Å². The highest BCUT2D eigenvalue weighted by Gasteiger charge is 2.20. The van der Waals surface area contributed by atoms with Crippen LogP contribution in [0.1, 0.15) is 26.5 Å². The minimum absolute atomic E-state index is 0.466. The third kappa shape index (κ3) is 2.78. The van der Waals surface area contributed by atoms with Gasteiger partial charge in [0, 0.05) is 32.2 Å². The average molecular weight is 289 g/mol. The fourth-order valence-corrected chi connectivity index (χ4v) is 2.70. The molecule has 0 amide bonds. The molecule has 1 aliphatic rings. The first-order valence-corrected chi connectivity index (χ1v) is 7.69. The Hall–Kier alpha value is -1.89. The fraction of sp³-hybridized carbons (Fsp3) is 0.643. The minimum atomic E-state index is 0.466. The lowest BCUT2D eigenvalue weighted by Crippen LogP contribution is -2.49. The Balaban J connectivity index is 1.86. The van der Waals surface area contributed by atoms with Gasteiger partial charge in [0.15, 0.2) is 5.82 Å². The van der Waals surface area contributed by atoms with Gasteiger partial charge in [0.1, 0.15) is 5.69 Å². The van der Waals surface area contributed by atoms with Crippen molar-refractivity contribution in [3.8, 4) is 11.5 Å². The summed E-state index contributed by atoms with van der Waals surface area (Å²) in [7, 11) is 0. The molecular formula is C14H23N7. The normalized spacial score (nSPS) is 19.2. The maximum atomic E-state index is 4.67. The van der Waals surface area contributed by atoms with Crippen LogP contribution in [0.4, 0.5) is 5.95 Å². The number of aryl methyl sites for hydroxylation is 2. The topological polar surface area (TPSA) is 74.7 Å². The largest absolute Gasteiger partial charge is 0.337 e. The molecule has 1 saturated heterocycles. The molecule has 0 saturated carbocycles. The summed E-state index contributed by atoms with van der Waals surface area (Å²) in [5.41, 5.74) is 2.09. The number of anilines is 1. The van der Waals surface area contributed by atoms with Crippen LogP contribution in [-0.2, 0) is 13.0 Å². The Bertz CT molecular complexity index is 600. The van der Waals surface area contributed by atoms with Crippen molar-refractivity contribution >= 4 is 5.95 Å². The number of nitrogens with one attached hydrogen (secondary N) is 2. The van der Waals surface area contributed by atoms with Gasteiger partial charge in [-0.1, -0.05) is 6.92 Å². The molecule has 7 nitrogen and oxygen atoms in total. The molecule has 3 heterocycles.